The normalized spacial score (nSPS) is 24.4. The standard InChI is InChI=1S/C33H25N3O3/c1-20-19-27-33(24-12-6-7-13-25(24)35-32(33)39)28(30(37)22-15-17-34-18-16-22)29(31(38)21-9-3-2-4-10-21)36(27)26-14-8-5-11-23(20)26/h2-19,27-29H,1H3,(H,35,39)/t27-,28+,29-,33+/m1/s1. The molecule has 0 bridgehead atoms. The lowest BCUT2D eigenvalue weighted by Crippen LogP contribution is -2.51. The summed E-state index contributed by atoms with van der Waals surface area (Å²) in [4.78, 5) is 49.6. The van der Waals surface area contributed by atoms with Gasteiger partial charge in [-0.2, -0.15) is 0 Å². The molecule has 1 N–H and O–H groups in total. The van der Waals surface area contributed by atoms with E-state index in [0.717, 1.165) is 22.4 Å². The fourth-order valence-corrected chi connectivity index (χ4v) is 6.86. The number of hydrogen-bond acceptors (Lipinski definition) is 5. The number of hydrogen-bond donors (Lipinski definition) is 1. The Balaban J connectivity index is 1.57. The number of carbonyl (C=O) groups excluding carboxylic acids is 3. The van der Waals surface area contributed by atoms with Crippen LogP contribution in [0.25, 0.3) is 5.57 Å². The van der Waals surface area contributed by atoms with Crippen LogP contribution in [0.2, 0.25) is 0 Å². The van der Waals surface area contributed by atoms with Gasteiger partial charge < -0.3 is 10.2 Å². The number of amides is 1. The number of nitrogens with zero attached hydrogens (tertiary/aromatic N) is 2. The van der Waals surface area contributed by atoms with Crippen LogP contribution in [0.3, 0.4) is 0 Å². The minimum atomic E-state index is -1.32. The molecule has 0 radical (unpaired) electrons. The molecule has 6 nitrogen and oxygen atoms in total. The van der Waals surface area contributed by atoms with Crippen molar-refractivity contribution in [3.8, 4) is 0 Å². The van der Waals surface area contributed by atoms with E-state index in [1.165, 1.54) is 0 Å². The molecule has 190 valence electrons. The first-order chi connectivity index (χ1) is 19.0. The van der Waals surface area contributed by atoms with E-state index in [0.29, 0.717) is 16.8 Å². The number of para-hydroxylation sites is 2. The predicted molar refractivity (Wildman–Crippen MR) is 150 cm³/mol. The van der Waals surface area contributed by atoms with Gasteiger partial charge in [0.15, 0.2) is 11.6 Å². The fraction of sp³-hybridized carbons (Fsp3) is 0.152. The second kappa shape index (κ2) is 8.60. The molecule has 3 aromatic carbocycles. The molecule has 3 aliphatic rings. The summed E-state index contributed by atoms with van der Waals surface area (Å²) in [5.41, 5.74) is 3.86. The molecule has 4 heterocycles. The second-order valence-electron chi connectivity index (χ2n) is 10.3. The van der Waals surface area contributed by atoms with Crippen LogP contribution >= 0.6 is 0 Å². The highest BCUT2D eigenvalue weighted by molar-refractivity contribution is 6.18. The van der Waals surface area contributed by atoms with Gasteiger partial charge in [-0.05, 0) is 42.3 Å². The molecule has 4 atom stereocenters. The van der Waals surface area contributed by atoms with E-state index >= 15 is 0 Å². The summed E-state index contributed by atoms with van der Waals surface area (Å²) in [5.74, 6) is -1.70. The van der Waals surface area contributed by atoms with E-state index < -0.39 is 23.4 Å². The molecule has 6 heteroatoms. The van der Waals surface area contributed by atoms with Crippen molar-refractivity contribution in [1.29, 1.82) is 0 Å². The Morgan fingerprint density at radius 1 is 0.821 bits per heavy atom. The van der Waals surface area contributed by atoms with Crippen molar-refractivity contribution in [3.05, 3.63) is 132 Å². The van der Waals surface area contributed by atoms with Crippen LogP contribution in [0.4, 0.5) is 11.4 Å². The molecule has 1 aromatic heterocycles. The highest BCUT2D eigenvalue weighted by atomic mass is 16.2. The van der Waals surface area contributed by atoms with E-state index in [9.17, 15) is 14.4 Å². The SMILES string of the molecule is CC1=C[C@H]2N(c3ccccc31)[C@@H](C(=O)c1ccccc1)[C@@H](C(=O)c1ccncc1)[C@@]21C(=O)Nc2ccccc21. The van der Waals surface area contributed by atoms with Gasteiger partial charge in [0.05, 0.1) is 12.0 Å². The first kappa shape index (κ1) is 23.3. The number of rotatable bonds is 4. The lowest BCUT2D eigenvalue weighted by molar-refractivity contribution is -0.121. The van der Waals surface area contributed by atoms with E-state index in [2.05, 4.69) is 16.4 Å². The highest BCUT2D eigenvalue weighted by Gasteiger charge is 2.70. The quantitative estimate of drug-likeness (QED) is 0.375. The molecule has 3 aliphatic heterocycles. The largest absolute Gasteiger partial charge is 0.352 e. The first-order valence-corrected chi connectivity index (χ1v) is 13.0. The Bertz CT molecular complexity index is 1680. The molecular weight excluding hydrogens is 486 g/mol. The molecule has 1 amide bonds. The van der Waals surface area contributed by atoms with E-state index in [-0.39, 0.29) is 17.5 Å². The third-order valence-corrected chi connectivity index (χ3v) is 8.46. The number of carbonyl (C=O) groups is 3. The lowest BCUT2D eigenvalue weighted by Gasteiger charge is -2.39. The molecule has 4 aromatic rings. The number of ketones is 2. The smallest absolute Gasteiger partial charge is 0.238 e. The van der Waals surface area contributed by atoms with Crippen molar-refractivity contribution < 1.29 is 14.4 Å². The molecule has 39 heavy (non-hydrogen) atoms. The summed E-state index contributed by atoms with van der Waals surface area (Å²) in [5, 5.41) is 3.07. The molecule has 1 fully saturated rings. The first-order valence-electron chi connectivity index (χ1n) is 13.0. The third-order valence-electron chi connectivity index (χ3n) is 8.46. The summed E-state index contributed by atoms with van der Waals surface area (Å²) in [6.07, 6.45) is 5.20. The summed E-state index contributed by atoms with van der Waals surface area (Å²) in [7, 11) is 0. The third kappa shape index (κ3) is 3.15. The summed E-state index contributed by atoms with van der Waals surface area (Å²) in [6, 6.07) is 26.3. The Morgan fingerprint density at radius 3 is 2.28 bits per heavy atom. The number of nitrogens with one attached hydrogen (secondary N) is 1. The van der Waals surface area contributed by atoms with Gasteiger partial charge in [-0.15, -0.1) is 0 Å². The fourth-order valence-electron chi connectivity index (χ4n) is 6.86. The minimum absolute atomic E-state index is 0.190. The van der Waals surface area contributed by atoms with Crippen molar-refractivity contribution in [2.24, 2.45) is 5.92 Å². The average molecular weight is 512 g/mol. The van der Waals surface area contributed by atoms with Crippen molar-refractivity contribution in [3.63, 3.8) is 0 Å². The molecule has 1 saturated heterocycles. The van der Waals surface area contributed by atoms with Crippen molar-refractivity contribution in [2.45, 2.75) is 24.4 Å². The topological polar surface area (TPSA) is 79.4 Å². The van der Waals surface area contributed by atoms with Gasteiger partial charge in [0.1, 0.15) is 11.5 Å². The summed E-state index contributed by atoms with van der Waals surface area (Å²) >= 11 is 0. The molecule has 0 unspecified atom stereocenters. The van der Waals surface area contributed by atoms with E-state index in [1.54, 1.807) is 36.7 Å². The van der Waals surface area contributed by atoms with Crippen LogP contribution in [0.15, 0.2) is 109 Å². The monoisotopic (exact) mass is 511 g/mol. The maximum Gasteiger partial charge on any atom is 0.238 e. The van der Waals surface area contributed by atoms with Crippen molar-refractivity contribution in [2.75, 3.05) is 10.2 Å². The molecule has 0 aliphatic carbocycles. The van der Waals surface area contributed by atoms with E-state index in [1.807, 2.05) is 78.6 Å². The minimum Gasteiger partial charge on any atom is -0.352 e. The number of pyridine rings is 1. The van der Waals surface area contributed by atoms with Crippen LogP contribution in [0.1, 0.15) is 38.8 Å². The zero-order valence-corrected chi connectivity index (χ0v) is 21.2. The van der Waals surface area contributed by atoms with Crippen molar-refractivity contribution in [1.82, 2.24) is 4.98 Å². The van der Waals surface area contributed by atoms with Gasteiger partial charge in [-0.1, -0.05) is 72.8 Å². The van der Waals surface area contributed by atoms with Crippen molar-refractivity contribution >= 4 is 34.4 Å². The van der Waals surface area contributed by atoms with Gasteiger partial charge in [0.25, 0.3) is 0 Å². The van der Waals surface area contributed by atoms with Gasteiger partial charge >= 0.3 is 0 Å². The molecule has 1 spiro atoms. The molecule has 0 saturated carbocycles. The Morgan fingerprint density at radius 2 is 1.49 bits per heavy atom. The molecule has 7 rings (SSSR count). The zero-order chi connectivity index (χ0) is 26.7. The lowest BCUT2D eigenvalue weighted by atomic mass is 9.64. The predicted octanol–water partition coefficient (Wildman–Crippen LogP) is 5.33. The average Bonchev–Trinajstić information content (AvgIpc) is 3.45. The van der Waals surface area contributed by atoms with Gasteiger partial charge in [0, 0.05) is 40.5 Å². The Hall–Kier alpha value is -4.84. The Labute approximate surface area is 226 Å². The Kier molecular flexibility index (Phi) is 5.13. The number of aromatic nitrogens is 1. The molecular formula is C33H25N3O3. The maximum absolute atomic E-state index is 14.6. The second-order valence-corrected chi connectivity index (χ2v) is 10.3. The van der Waals surface area contributed by atoms with Crippen LogP contribution < -0.4 is 10.2 Å². The number of anilines is 2. The summed E-state index contributed by atoms with van der Waals surface area (Å²) < 4.78 is 0. The van der Waals surface area contributed by atoms with Gasteiger partial charge in [-0.3, -0.25) is 19.4 Å². The number of benzene rings is 3. The van der Waals surface area contributed by atoms with Gasteiger partial charge in [-0.25, -0.2) is 0 Å². The number of Topliss-reactive ketones (excluding diaryl/α,β-unsaturated/α-hetero) is 2. The van der Waals surface area contributed by atoms with E-state index in [4.69, 9.17) is 0 Å². The van der Waals surface area contributed by atoms with Crippen LogP contribution in [-0.2, 0) is 10.2 Å². The number of allylic oxidation sites excluding steroid dienone is 1. The van der Waals surface area contributed by atoms with Crippen LogP contribution in [0, 0.1) is 5.92 Å². The zero-order valence-electron chi connectivity index (χ0n) is 21.2. The van der Waals surface area contributed by atoms with Gasteiger partial charge in [0.2, 0.25) is 5.91 Å². The highest BCUT2D eigenvalue weighted by Crippen LogP contribution is 2.58. The number of fused-ring (bicyclic) bond motifs is 6. The maximum atomic E-state index is 14.6. The summed E-state index contributed by atoms with van der Waals surface area (Å²) in [6.45, 7) is 2.02. The van der Waals surface area contributed by atoms with Crippen LogP contribution in [0.5, 0.6) is 0 Å². The van der Waals surface area contributed by atoms with Crippen LogP contribution in [-0.4, -0.2) is 34.5 Å².